The summed E-state index contributed by atoms with van der Waals surface area (Å²) in [6, 6.07) is 9.18. The number of hydrogen-bond donors (Lipinski definition) is 0. The van der Waals surface area contributed by atoms with Crippen LogP contribution in [-0.4, -0.2) is 37.1 Å². The molecule has 1 unspecified atom stereocenters. The van der Waals surface area contributed by atoms with Crippen molar-refractivity contribution in [1.82, 2.24) is 4.90 Å². The number of aryl methyl sites for hydroxylation is 1. The number of piperazine rings is 1. The second-order valence-electron chi connectivity index (χ2n) is 5.39. The highest BCUT2D eigenvalue weighted by Crippen LogP contribution is 2.26. The van der Waals surface area contributed by atoms with Crippen LogP contribution in [0.25, 0.3) is 0 Å². The SMILES string of the molecule is Cc1cc(N2CCN3CCCC3C2)ccc1C#N. The average Bonchev–Trinajstić information content (AvgIpc) is 2.85. The van der Waals surface area contributed by atoms with Gasteiger partial charge in [0.05, 0.1) is 11.6 Å². The zero-order valence-corrected chi connectivity index (χ0v) is 10.9. The van der Waals surface area contributed by atoms with Gasteiger partial charge in [-0.2, -0.15) is 5.26 Å². The lowest BCUT2D eigenvalue weighted by Crippen LogP contribution is -2.50. The minimum atomic E-state index is 0.745. The zero-order valence-electron chi connectivity index (χ0n) is 10.9. The lowest BCUT2D eigenvalue weighted by atomic mass is 10.1. The number of rotatable bonds is 1. The van der Waals surface area contributed by atoms with Crippen LogP contribution in [0.2, 0.25) is 0 Å². The van der Waals surface area contributed by atoms with Gasteiger partial charge >= 0.3 is 0 Å². The molecule has 3 heteroatoms. The van der Waals surface area contributed by atoms with Crippen LogP contribution in [0.15, 0.2) is 18.2 Å². The summed E-state index contributed by atoms with van der Waals surface area (Å²) in [5.74, 6) is 0. The van der Waals surface area contributed by atoms with Gasteiger partial charge in [-0.15, -0.1) is 0 Å². The molecule has 3 nitrogen and oxygen atoms in total. The molecule has 0 N–H and O–H groups in total. The highest BCUT2D eigenvalue weighted by molar-refractivity contribution is 5.54. The van der Waals surface area contributed by atoms with Gasteiger partial charge in [0.15, 0.2) is 0 Å². The monoisotopic (exact) mass is 241 g/mol. The van der Waals surface area contributed by atoms with Crippen molar-refractivity contribution in [1.29, 1.82) is 5.26 Å². The van der Waals surface area contributed by atoms with E-state index in [9.17, 15) is 0 Å². The Morgan fingerprint density at radius 1 is 1.28 bits per heavy atom. The van der Waals surface area contributed by atoms with Crippen LogP contribution in [0.5, 0.6) is 0 Å². The van der Waals surface area contributed by atoms with Crippen LogP contribution < -0.4 is 4.90 Å². The number of nitrogens with zero attached hydrogens (tertiary/aromatic N) is 3. The van der Waals surface area contributed by atoms with Crippen molar-refractivity contribution < 1.29 is 0 Å². The van der Waals surface area contributed by atoms with Crippen molar-refractivity contribution in [2.75, 3.05) is 31.1 Å². The van der Waals surface area contributed by atoms with E-state index < -0.39 is 0 Å². The van der Waals surface area contributed by atoms with E-state index in [1.165, 1.54) is 31.6 Å². The first kappa shape index (κ1) is 11.6. The average molecular weight is 241 g/mol. The first-order chi connectivity index (χ1) is 8.78. The molecule has 2 saturated heterocycles. The maximum atomic E-state index is 8.97. The number of fused-ring (bicyclic) bond motifs is 1. The van der Waals surface area contributed by atoms with Gasteiger partial charge in [-0.3, -0.25) is 4.90 Å². The molecule has 2 aliphatic heterocycles. The van der Waals surface area contributed by atoms with Crippen LogP contribution >= 0.6 is 0 Å². The van der Waals surface area contributed by atoms with Crippen LogP contribution in [0.3, 0.4) is 0 Å². The number of anilines is 1. The highest BCUT2D eigenvalue weighted by atomic mass is 15.3. The predicted molar refractivity (Wildman–Crippen MR) is 72.7 cm³/mol. The molecule has 0 aliphatic carbocycles. The van der Waals surface area contributed by atoms with E-state index in [0.717, 1.165) is 30.3 Å². The topological polar surface area (TPSA) is 30.3 Å². The summed E-state index contributed by atoms with van der Waals surface area (Å²) in [4.78, 5) is 5.09. The highest BCUT2D eigenvalue weighted by Gasteiger charge is 2.30. The van der Waals surface area contributed by atoms with Gasteiger partial charge in [0, 0.05) is 31.4 Å². The summed E-state index contributed by atoms with van der Waals surface area (Å²) < 4.78 is 0. The Kier molecular flexibility index (Phi) is 2.97. The van der Waals surface area contributed by atoms with E-state index in [4.69, 9.17) is 5.26 Å². The van der Waals surface area contributed by atoms with Crippen LogP contribution in [-0.2, 0) is 0 Å². The lowest BCUT2D eigenvalue weighted by molar-refractivity contribution is 0.231. The standard InChI is InChI=1S/C15H19N3/c1-12-9-14(5-4-13(12)10-16)18-8-7-17-6-2-3-15(17)11-18/h4-5,9,15H,2-3,6-8,11H2,1H3. The second-order valence-corrected chi connectivity index (χ2v) is 5.39. The molecule has 1 aromatic carbocycles. The summed E-state index contributed by atoms with van der Waals surface area (Å²) >= 11 is 0. The number of benzene rings is 1. The quantitative estimate of drug-likeness (QED) is 0.754. The summed E-state index contributed by atoms with van der Waals surface area (Å²) in [7, 11) is 0. The molecular weight excluding hydrogens is 222 g/mol. The predicted octanol–water partition coefficient (Wildman–Crippen LogP) is 2.15. The van der Waals surface area contributed by atoms with Gasteiger partial charge in [-0.1, -0.05) is 0 Å². The van der Waals surface area contributed by atoms with Gasteiger partial charge in [-0.25, -0.2) is 0 Å². The summed E-state index contributed by atoms with van der Waals surface area (Å²) in [6.45, 7) is 6.75. The Bertz CT molecular complexity index is 489. The molecule has 1 aromatic rings. The molecule has 0 spiro atoms. The van der Waals surface area contributed by atoms with Crippen molar-refractivity contribution in [3.63, 3.8) is 0 Å². The minimum Gasteiger partial charge on any atom is -0.369 e. The van der Waals surface area contributed by atoms with Crippen molar-refractivity contribution in [2.45, 2.75) is 25.8 Å². The molecule has 0 amide bonds. The van der Waals surface area contributed by atoms with E-state index in [1.54, 1.807) is 0 Å². The van der Waals surface area contributed by atoms with E-state index in [1.807, 2.05) is 13.0 Å². The molecule has 0 saturated carbocycles. The van der Waals surface area contributed by atoms with Crippen LogP contribution in [0.1, 0.15) is 24.0 Å². The van der Waals surface area contributed by atoms with Gasteiger partial charge < -0.3 is 4.90 Å². The third-order valence-corrected chi connectivity index (χ3v) is 4.28. The molecular formula is C15H19N3. The van der Waals surface area contributed by atoms with Crippen LogP contribution in [0.4, 0.5) is 5.69 Å². The van der Waals surface area contributed by atoms with E-state index in [0.29, 0.717) is 0 Å². The minimum absolute atomic E-state index is 0.745. The molecule has 2 fully saturated rings. The maximum Gasteiger partial charge on any atom is 0.0994 e. The Morgan fingerprint density at radius 2 is 2.17 bits per heavy atom. The van der Waals surface area contributed by atoms with Gasteiger partial charge in [0.25, 0.3) is 0 Å². The Morgan fingerprint density at radius 3 is 2.94 bits per heavy atom. The van der Waals surface area contributed by atoms with Crippen molar-refractivity contribution in [2.24, 2.45) is 0 Å². The fourth-order valence-corrected chi connectivity index (χ4v) is 3.20. The fraction of sp³-hybridized carbons (Fsp3) is 0.533. The summed E-state index contributed by atoms with van der Waals surface area (Å²) in [5.41, 5.74) is 3.15. The van der Waals surface area contributed by atoms with E-state index >= 15 is 0 Å². The first-order valence-corrected chi connectivity index (χ1v) is 6.77. The van der Waals surface area contributed by atoms with E-state index in [-0.39, 0.29) is 0 Å². The Balaban J connectivity index is 1.79. The third kappa shape index (κ3) is 1.97. The molecule has 0 bridgehead atoms. The zero-order chi connectivity index (χ0) is 12.5. The number of nitriles is 1. The first-order valence-electron chi connectivity index (χ1n) is 6.77. The molecule has 3 rings (SSSR count). The smallest absolute Gasteiger partial charge is 0.0994 e. The molecule has 2 aliphatic rings. The summed E-state index contributed by atoms with van der Waals surface area (Å²) in [6.07, 6.45) is 2.69. The molecule has 2 heterocycles. The Labute approximate surface area is 109 Å². The maximum absolute atomic E-state index is 8.97. The van der Waals surface area contributed by atoms with Crippen LogP contribution in [0, 0.1) is 18.3 Å². The largest absolute Gasteiger partial charge is 0.369 e. The lowest BCUT2D eigenvalue weighted by Gasteiger charge is -2.39. The van der Waals surface area contributed by atoms with Gasteiger partial charge in [-0.05, 0) is 50.1 Å². The van der Waals surface area contributed by atoms with Crippen molar-refractivity contribution >= 4 is 5.69 Å². The van der Waals surface area contributed by atoms with Crippen molar-refractivity contribution in [3.05, 3.63) is 29.3 Å². The molecule has 1 atom stereocenters. The summed E-state index contributed by atoms with van der Waals surface area (Å²) in [5, 5.41) is 8.97. The Hall–Kier alpha value is -1.53. The fourth-order valence-electron chi connectivity index (χ4n) is 3.20. The van der Waals surface area contributed by atoms with Gasteiger partial charge in [0.1, 0.15) is 0 Å². The van der Waals surface area contributed by atoms with Crippen molar-refractivity contribution in [3.8, 4) is 6.07 Å². The third-order valence-electron chi connectivity index (χ3n) is 4.28. The van der Waals surface area contributed by atoms with Gasteiger partial charge in [0.2, 0.25) is 0 Å². The molecule has 94 valence electrons. The van der Waals surface area contributed by atoms with E-state index in [2.05, 4.69) is 28.0 Å². The molecule has 18 heavy (non-hydrogen) atoms. The molecule has 0 radical (unpaired) electrons. The second kappa shape index (κ2) is 4.62. The normalized spacial score (nSPS) is 23.8. The number of hydrogen-bond acceptors (Lipinski definition) is 3. The molecule has 0 aromatic heterocycles.